The summed E-state index contributed by atoms with van der Waals surface area (Å²) in [6, 6.07) is 5.74. The third-order valence-corrected chi connectivity index (χ3v) is 5.69. The van der Waals surface area contributed by atoms with Crippen LogP contribution in [0.4, 0.5) is 0 Å². The minimum absolute atomic E-state index is 0.0636. The van der Waals surface area contributed by atoms with Crippen molar-refractivity contribution in [3.63, 3.8) is 0 Å². The molecular formula is C17H21N5O. The number of rotatable bonds is 2. The third-order valence-electron chi connectivity index (χ3n) is 5.69. The first-order valence-corrected chi connectivity index (χ1v) is 8.26. The lowest BCUT2D eigenvalue weighted by Gasteiger charge is -2.59. The van der Waals surface area contributed by atoms with E-state index in [1.807, 2.05) is 25.1 Å². The fourth-order valence-electron chi connectivity index (χ4n) is 4.14. The van der Waals surface area contributed by atoms with Gasteiger partial charge in [0.1, 0.15) is 0 Å². The zero-order valence-electron chi connectivity index (χ0n) is 13.5. The number of tetrazole rings is 1. The van der Waals surface area contributed by atoms with Crippen LogP contribution in [0.3, 0.4) is 0 Å². The van der Waals surface area contributed by atoms with Crippen LogP contribution in [0.5, 0.6) is 0 Å². The number of fused-ring (bicyclic) bond motifs is 1. The number of benzene rings is 1. The van der Waals surface area contributed by atoms with Gasteiger partial charge in [-0.15, -0.1) is 10.2 Å². The van der Waals surface area contributed by atoms with Crippen molar-refractivity contribution in [1.82, 2.24) is 25.5 Å². The van der Waals surface area contributed by atoms with Crippen LogP contribution >= 0.6 is 0 Å². The van der Waals surface area contributed by atoms with E-state index < -0.39 is 0 Å². The lowest BCUT2D eigenvalue weighted by atomic mass is 9.66. The SMILES string of the molecule is Cc1cc(-c2nn[nH]n2)ccc1C(=O)N1C[C@@H]2CCCC[C@@]21C. The monoisotopic (exact) mass is 311 g/mol. The second-order valence-corrected chi connectivity index (χ2v) is 6.98. The van der Waals surface area contributed by atoms with Crippen LogP contribution < -0.4 is 0 Å². The van der Waals surface area contributed by atoms with Crippen LogP contribution in [0.1, 0.15) is 48.5 Å². The summed E-state index contributed by atoms with van der Waals surface area (Å²) in [7, 11) is 0. The number of H-pyrrole nitrogens is 1. The van der Waals surface area contributed by atoms with Gasteiger partial charge < -0.3 is 4.90 Å². The largest absolute Gasteiger partial charge is 0.333 e. The number of aromatic amines is 1. The van der Waals surface area contributed by atoms with Gasteiger partial charge in [0.25, 0.3) is 5.91 Å². The van der Waals surface area contributed by atoms with Crippen molar-refractivity contribution in [2.45, 2.75) is 45.1 Å². The number of likely N-dealkylation sites (tertiary alicyclic amines) is 1. The molecule has 23 heavy (non-hydrogen) atoms. The van der Waals surface area contributed by atoms with Crippen LogP contribution in [-0.4, -0.2) is 43.5 Å². The number of hydrogen-bond acceptors (Lipinski definition) is 4. The molecule has 0 spiro atoms. The predicted octanol–water partition coefficient (Wildman–Crippen LogP) is 2.58. The van der Waals surface area contributed by atoms with Crippen molar-refractivity contribution < 1.29 is 4.79 Å². The van der Waals surface area contributed by atoms with Gasteiger partial charge in [0, 0.05) is 23.2 Å². The quantitative estimate of drug-likeness (QED) is 0.925. The van der Waals surface area contributed by atoms with E-state index in [9.17, 15) is 4.79 Å². The van der Waals surface area contributed by atoms with E-state index in [1.54, 1.807) is 0 Å². The Kier molecular flexibility index (Phi) is 3.21. The number of carbonyl (C=O) groups excluding carboxylic acids is 1. The van der Waals surface area contributed by atoms with Gasteiger partial charge in [0.05, 0.1) is 0 Å². The van der Waals surface area contributed by atoms with Gasteiger partial charge in [-0.2, -0.15) is 5.21 Å². The van der Waals surface area contributed by atoms with Crippen molar-refractivity contribution in [2.75, 3.05) is 6.54 Å². The number of nitrogens with one attached hydrogen (secondary N) is 1. The Morgan fingerprint density at radius 1 is 1.39 bits per heavy atom. The Balaban J connectivity index is 1.60. The molecule has 2 fully saturated rings. The minimum atomic E-state index is 0.0636. The number of aromatic nitrogens is 4. The second-order valence-electron chi connectivity index (χ2n) is 6.98. The molecule has 6 nitrogen and oxygen atoms in total. The Hall–Kier alpha value is -2.24. The van der Waals surface area contributed by atoms with E-state index in [0.29, 0.717) is 11.7 Å². The van der Waals surface area contributed by atoms with Gasteiger partial charge in [-0.1, -0.05) is 18.9 Å². The molecule has 4 rings (SSSR count). The number of hydrogen-bond donors (Lipinski definition) is 1. The van der Waals surface area contributed by atoms with Crippen molar-refractivity contribution in [2.24, 2.45) is 5.92 Å². The number of aryl methyl sites for hydroxylation is 1. The number of carbonyl (C=O) groups is 1. The summed E-state index contributed by atoms with van der Waals surface area (Å²) in [5, 5.41) is 14.0. The molecule has 1 aromatic carbocycles. The van der Waals surface area contributed by atoms with Crippen LogP contribution in [0.25, 0.3) is 11.4 Å². The highest BCUT2D eigenvalue weighted by atomic mass is 16.2. The van der Waals surface area contributed by atoms with E-state index in [-0.39, 0.29) is 11.4 Å². The van der Waals surface area contributed by atoms with E-state index in [2.05, 4.69) is 32.4 Å². The van der Waals surface area contributed by atoms with Gasteiger partial charge in [-0.3, -0.25) is 4.79 Å². The molecule has 1 amide bonds. The summed E-state index contributed by atoms with van der Waals surface area (Å²) in [6.07, 6.45) is 4.92. The van der Waals surface area contributed by atoms with E-state index in [0.717, 1.165) is 29.7 Å². The maximum absolute atomic E-state index is 13.0. The van der Waals surface area contributed by atoms with E-state index in [4.69, 9.17) is 0 Å². The molecule has 120 valence electrons. The molecule has 1 saturated heterocycles. The number of amides is 1. The Labute approximate surface area is 135 Å². The summed E-state index contributed by atoms with van der Waals surface area (Å²) >= 11 is 0. The molecule has 0 radical (unpaired) electrons. The Morgan fingerprint density at radius 3 is 2.96 bits per heavy atom. The van der Waals surface area contributed by atoms with Gasteiger partial charge >= 0.3 is 0 Å². The molecule has 2 aliphatic rings. The van der Waals surface area contributed by atoms with Crippen LogP contribution in [0, 0.1) is 12.8 Å². The average molecular weight is 311 g/mol. The van der Waals surface area contributed by atoms with Gasteiger partial charge in [0.15, 0.2) is 0 Å². The molecule has 2 atom stereocenters. The molecule has 2 heterocycles. The molecule has 0 unspecified atom stereocenters. The minimum Gasteiger partial charge on any atom is -0.333 e. The number of nitrogens with zero attached hydrogens (tertiary/aromatic N) is 4. The standard InChI is InChI=1S/C17H21N5O/c1-11-9-12(15-18-20-21-19-15)6-7-14(11)16(23)22-10-13-5-3-4-8-17(13,22)2/h6-7,9,13H,3-5,8,10H2,1-2H3,(H,18,19,20,21)/t13-,17-/m0/s1. The van der Waals surface area contributed by atoms with Crippen LogP contribution in [-0.2, 0) is 0 Å². The zero-order valence-corrected chi connectivity index (χ0v) is 13.5. The van der Waals surface area contributed by atoms with Crippen LogP contribution in [0.15, 0.2) is 18.2 Å². The lowest BCUT2D eigenvalue weighted by molar-refractivity contribution is -0.0692. The summed E-state index contributed by atoms with van der Waals surface area (Å²) in [6.45, 7) is 5.12. The molecule has 1 aliphatic carbocycles. The Bertz CT molecular complexity index is 741. The van der Waals surface area contributed by atoms with Gasteiger partial charge in [0.2, 0.25) is 5.82 Å². The van der Waals surface area contributed by atoms with E-state index >= 15 is 0 Å². The third kappa shape index (κ3) is 2.16. The maximum atomic E-state index is 13.0. The summed E-state index contributed by atoms with van der Waals surface area (Å²) in [5.41, 5.74) is 2.68. The first-order valence-electron chi connectivity index (χ1n) is 8.26. The maximum Gasteiger partial charge on any atom is 0.254 e. The average Bonchev–Trinajstić information content (AvgIpc) is 3.06. The van der Waals surface area contributed by atoms with Crippen molar-refractivity contribution >= 4 is 5.91 Å². The summed E-state index contributed by atoms with van der Waals surface area (Å²) in [4.78, 5) is 15.1. The van der Waals surface area contributed by atoms with Crippen LogP contribution in [0.2, 0.25) is 0 Å². The summed E-state index contributed by atoms with van der Waals surface area (Å²) < 4.78 is 0. The van der Waals surface area contributed by atoms with Crippen molar-refractivity contribution in [3.8, 4) is 11.4 Å². The van der Waals surface area contributed by atoms with Crippen molar-refractivity contribution in [1.29, 1.82) is 0 Å². The van der Waals surface area contributed by atoms with Crippen molar-refractivity contribution in [3.05, 3.63) is 29.3 Å². The predicted molar refractivity (Wildman–Crippen MR) is 85.8 cm³/mol. The molecule has 2 aromatic rings. The molecule has 1 aromatic heterocycles. The molecule has 0 bridgehead atoms. The smallest absolute Gasteiger partial charge is 0.254 e. The molecule has 1 saturated carbocycles. The van der Waals surface area contributed by atoms with E-state index in [1.165, 1.54) is 19.3 Å². The molecular weight excluding hydrogens is 290 g/mol. The molecule has 1 N–H and O–H groups in total. The van der Waals surface area contributed by atoms with Gasteiger partial charge in [-0.25, -0.2) is 0 Å². The Morgan fingerprint density at radius 2 is 2.26 bits per heavy atom. The fourth-order valence-corrected chi connectivity index (χ4v) is 4.14. The lowest BCUT2D eigenvalue weighted by Crippen LogP contribution is -2.68. The first kappa shape index (κ1) is 14.4. The topological polar surface area (TPSA) is 74.8 Å². The first-order chi connectivity index (χ1) is 11.1. The summed E-state index contributed by atoms with van der Waals surface area (Å²) in [5.74, 6) is 1.39. The van der Waals surface area contributed by atoms with Gasteiger partial charge in [-0.05, 0) is 55.5 Å². The molecule has 1 aliphatic heterocycles. The highest BCUT2D eigenvalue weighted by Gasteiger charge is 2.52. The zero-order chi connectivity index (χ0) is 16.0. The highest BCUT2D eigenvalue weighted by Crippen LogP contribution is 2.47. The fraction of sp³-hybridized carbons (Fsp3) is 0.529. The normalized spacial score (nSPS) is 26.5. The molecule has 6 heteroatoms. The highest BCUT2D eigenvalue weighted by molar-refractivity contribution is 5.97. The second kappa shape index (κ2) is 5.15.